The molecule has 3 aromatic carbocycles. The summed E-state index contributed by atoms with van der Waals surface area (Å²) in [6, 6.07) is 25.4. The fraction of sp³-hybridized carbons (Fsp3) is 0.344. The Hall–Kier alpha value is -4.13. The Morgan fingerprint density at radius 3 is 2.26 bits per heavy atom. The van der Waals surface area contributed by atoms with E-state index in [1.807, 2.05) is 77.7 Å². The average molecular weight is 527 g/mol. The molecule has 0 radical (unpaired) electrons. The summed E-state index contributed by atoms with van der Waals surface area (Å²) in [6.45, 7) is 6.61. The lowest BCUT2D eigenvalue weighted by molar-refractivity contribution is -0.132. The summed E-state index contributed by atoms with van der Waals surface area (Å²) >= 11 is 0. The molecular weight excluding hydrogens is 488 g/mol. The van der Waals surface area contributed by atoms with Crippen molar-refractivity contribution in [2.45, 2.75) is 39.2 Å². The van der Waals surface area contributed by atoms with Crippen molar-refractivity contribution in [2.24, 2.45) is 0 Å². The normalized spacial score (nSPS) is 14.3. The monoisotopic (exact) mass is 526 g/mol. The molecular formula is C32H38N4O3. The summed E-state index contributed by atoms with van der Waals surface area (Å²) < 4.78 is 0. The summed E-state index contributed by atoms with van der Waals surface area (Å²) in [5, 5.41) is 2.81. The maximum absolute atomic E-state index is 13.7. The van der Waals surface area contributed by atoms with Crippen LogP contribution in [0.5, 0.6) is 0 Å². The molecule has 3 aromatic rings. The van der Waals surface area contributed by atoms with Gasteiger partial charge in [0.05, 0.1) is 11.5 Å². The molecule has 0 bridgehead atoms. The summed E-state index contributed by atoms with van der Waals surface area (Å²) in [5.74, 6) is -0.302. The predicted octanol–water partition coefficient (Wildman–Crippen LogP) is 5.15. The molecule has 1 atom stereocenters. The molecule has 1 saturated heterocycles. The number of nitrogens with one attached hydrogen (secondary N) is 1. The second-order valence-electron chi connectivity index (χ2n) is 10.1. The molecule has 0 aromatic heterocycles. The van der Waals surface area contributed by atoms with Crippen LogP contribution in [-0.4, -0.2) is 60.7 Å². The van der Waals surface area contributed by atoms with Gasteiger partial charge in [0.15, 0.2) is 0 Å². The van der Waals surface area contributed by atoms with E-state index in [2.05, 4.69) is 17.1 Å². The molecule has 7 nitrogen and oxygen atoms in total. The molecule has 1 N–H and O–H groups in total. The number of amides is 3. The van der Waals surface area contributed by atoms with Gasteiger partial charge in [0, 0.05) is 58.1 Å². The molecule has 1 aliphatic heterocycles. The maximum atomic E-state index is 13.7. The summed E-state index contributed by atoms with van der Waals surface area (Å²) in [4.78, 5) is 44.8. The first-order valence-electron chi connectivity index (χ1n) is 13.7. The van der Waals surface area contributed by atoms with Crippen molar-refractivity contribution >= 4 is 29.1 Å². The summed E-state index contributed by atoms with van der Waals surface area (Å²) in [6.07, 6.45) is 1.55. The molecule has 1 heterocycles. The van der Waals surface area contributed by atoms with Crippen molar-refractivity contribution < 1.29 is 14.4 Å². The Balaban J connectivity index is 1.55. The van der Waals surface area contributed by atoms with E-state index in [0.29, 0.717) is 37.4 Å². The molecule has 0 aliphatic carbocycles. The number of rotatable bonds is 8. The fourth-order valence-corrected chi connectivity index (χ4v) is 5.24. The standard InChI is InChI=1S/C32H38N4O3/c1-4-28(26-14-9-6-10-15-26)32(39)36-19-11-18-35(20-21-36)30-17-16-27(33-24(2)37)22-29(30)31(38)34(3)23-25-12-7-5-8-13-25/h5-10,12-17,22,28H,4,11,18-21,23H2,1-3H3,(H,33,37)/t28-/m1/s1. The van der Waals surface area contributed by atoms with Gasteiger partial charge in [-0.05, 0) is 42.2 Å². The van der Waals surface area contributed by atoms with E-state index in [0.717, 1.165) is 36.2 Å². The van der Waals surface area contributed by atoms with Gasteiger partial charge in [-0.25, -0.2) is 0 Å². The zero-order chi connectivity index (χ0) is 27.8. The van der Waals surface area contributed by atoms with Crippen molar-refractivity contribution in [3.8, 4) is 0 Å². The second kappa shape index (κ2) is 13.1. The van der Waals surface area contributed by atoms with Crippen molar-refractivity contribution in [1.29, 1.82) is 0 Å². The van der Waals surface area contributed by atoms with Crippen molar-refractivity contribution in [3.63, 3.8) is 0 Å². The molecule has 204 valence electrons. The molecule has 0 spiro atoms. The van der Waals surface area contributed by atoms with Crippen LogP contribution in [0.4, 0.5) is 11.4 Å². The van der Waals surface area contributed by atoms with Gasteiger partial charge in [-0.15, -0.1) is 0 Å². The lowest BCUT2D eigenvalue weighted by Gasteiger charge is -2.28. The molecule has 4 rings (SSSR count). The Labute approximate surface area is 231 Å². The lowest BCUT2D eigenvalue weighted by Crippen LogP contribution is -2.38. The summed E-state index contributed by atoms with van der Waals surface area (Å²) in [7, 11) is 1.79. The Bertz CT molecular complexity index is 1280. The van der Waals surface area contributed by atoms with Crippen LogP contribution in [0.2, 0.25) is 0 Å². The van der Waals surface area contributed by atoms with Gasteiger partial charge in [0.25, 0.3) is 5.91 Å². The van der Waals surface area contributed by atoms with Gasteiger partial charge in [0.1, 0.15) is 0 Å². The van der Waals surface area contributed by atoms with Crippen LogP contribution in [0, 0.1) is 0 Å². The quantitative estimate of drug-likeness (QED) is 0.441. The van der Waals surface area contributed by atoms with E-state index in [4.69, 9.17) is 0 Å². The smallest absolute Gasteiger partial charge is 0.256 e. The lowest BCUT2D eigenvalue weighted by atomic mass is 9.95. The minimum atomic E-state index is -0.188. The van der Waals surface area contributed by atoms with Crippen LogP contribution in [0.1, 0.15) is 54.1 Å². The average Bonchev–Trinajstić information content (AvgIpc) is 3.20. The highest BCUT2D eigenvalue weighted by molar-refractivity contribution is 6.02. The van der Waals surface area contributed by atoms with Crippen molar-refractivity contribution in [3.05, 3.63) is 95.6 Å². The second-order valence-corrected chi connectivity index (χ2v) is 10.1. The van der Waals surface area contributed by atoms with Crippen LogP contribution in [0.25, 0.3) is 0 Å². The predicted molar refractivity (Wildman–Crippen MR) is 156 cm³/mol. The van der Waals surface area contributed by atoms with E-state index in [-0.39, 0.29) is 23.6 Å². The highest BCUT2D eigenvalue weighted by atomic mass is 16.2. The van der Waals surface area contributed by atoms with Crippen molar-refractivity contribution in [1.82, 2.24) is 9.80 Å². The first kappa shape index (κ1) is 27.9. The number of hydrogen-bond acceptors (Lipinski definition) is 4. The van der Waals surface area contributed by atoms with Gasteiger partial charge in [-0.3, -0.25) is 14.4 Å². The third-order valence-electron chi connectivity index (χ3n) is 7.21. The van der Waals surface area contributed by atoms with Crippen LogP contribution in [0.3, 0.4) is 0 Å². The Morgan fingerprint density at radius 1 is 0.897 bits per heavy atom. The van der Waals surface area contributed by atoms with Crippen molar-refractivity contribution in [2.75, 3.05) is 43.4 Å². The van der Waals surface area contributed by atoms with Crippen LogP contribution in [-0.2, 0) is 16.1 Å². The van der Waals surface area contributed by atoms with Gasteiger partial charge in [0.2, 0.25) is 11.8 Å². The number of hydrogen-bond donors (Lipinski definition) is 1. The molecule has 0 unspecified atom stereocenters. The van der Waals surface area contributed by atoms with Gasteiger partial charge < -0.3 is 20.0 Å². The molecule has 3 amide bonds. The zero-order valence-corrected chi connectivity index (χ0v) is 23.1. The summed E-state index contributed by atoms with van der Waals surface area (Å²) in [5.41, 5.74) is 4.03. The number of carbonyl (C=O) groups is 3. The Kier molecular flexibility index (Phi) is 9.36. The highest BCUT2D eigenvalue weighted by Crippen LogP contribution is 2.28. The largest absolute Gasteiger partial charge is 0.369 e. The van der Waals surface area contributed by atoms with Gasteiger partial charge in [-0.1, -0.05) is 67.6 Å². The molecule has 1 fully saturated rings. The van der Waals surface area contributed by atoms with Crippen LogP contribution < -0.4 is 10.2 Å². The van der Waals surface area contributed by atoms with Gasteiger partial charge in [-0.2, -0.15) is 0 Å². The minimum Gasteiger partial charge on any atom is -0.369 e. The topological polar surface area (TPSA) is 73.0 Å². The molecule has 0 saturated carbocycles. The fourth-order valence-electron chi connectivity index (χ4n) is 5.24. The first-order chi connectivity index (χ1) is 18.9. The number of benzene rings is 3. The zero-order valence-electron chi connectivity index (χ0n) is 23.1. The SMILES string of the molecule is CC[C@@H](C(=O)N1CCCN(c2ccc(NC(C)=O)cc2C(=O)N(C)Cc2ccccc2)CC1)c1ccccc1. The number of carbonyl (C=O) groups excluding carboxylic acids is 3. The molecule has 39 heavy (non-hydrogen) atoms. The van der Waals surface area contributed by atoms with Crippen LogP contribution in [0.15, 0.2) is 78.9 Å². The highest BCUT2D eigenvalue weighted by Gasteiger charge is 2.28. The third kappa shape index (κ3) is 7.05. The first-order valence-corrected chi connectivity index (χ1v) is 13.7. The maximum Gasteiger partial charge on any atom is 0.256 e. The van der Waals surface area contributed by atoms with E-state index < -0.39 is 0 Å². The van der Waals surface area contributed by atoms with E-state index >= 15 is 0 Å². The number of anilines is 2. The molecule has 7 heteroatoms. The van der Waals surface area contributed by atoms with Crippen LogP contribution >= 0.6 is 0 Å². The van der Waals surface area contributed by atoms with E-state index in [1.165, 1.54) is 6.92 Å². The number of nitrogens with zero attached hydrogens (tertiary/aromatic N) is 3. The minimum absolute atomic E-state index is 0.117. The third-order valence-corrected chi connectivity index (χ3v) is 7.21. The van der Waals surface area contributed by atoms with E-state index in [9.17, 15) is 14.4 Å². The Morgan fingerprint density at radius 2 is 1.59 bits per heavy atom. The van der Waals surface area contributed by atoms with Gasteiger partial charge >= 0.3 is 0 Å². The van der Waals surface area contributed by atoms with E-state index in [1.54, 1.807) is 18.0 Å². The molecule has 1 aliphatic rings.